The van der Waals surface area contributed by atoms with Crippen LogP contribution >= 0.6 is 0 Å². The zero-order valence-corrected chi connectivity index (χ0v) is 17.1. The first-order valence-corrected chi connectivity index (χ1v) is 10.8. The molecule has 1 saturated heterocycles. The molecule has 4 rings (SSSR count). The Kier molecular flexibility index (Phi) is 6.07. The second-order valence-electron chi connectivity index (χ2n) is 8.03. The van der Waals surface area contributed by atoms with E-state index in [0.29, 0.717) is 5.75 Å². The van der Waals surface area contributed by atoms with Crippen LogP contribution in [-0.4, -0.2) is 42.6 Å². The third kappa shape index (κ3) is 4.57. The topological polar surface area (TPSA) is 69.0 Å². The largest absolute Gasteiger partial charge is 0.482 e. The van der Waals surface area contributed by atoms with E-state index in [1.807, 2.05) is 17.0 Å². The Morgan fingerprint density at radius 1 is 1.07 bits per heavy atom. The van der Waals surface area contributed by atoms with Gasteiger partial charge in [0.25, 0.3) is 5.91 Å². The number of benzene rings is 1. The molecule has 2 aliphatic rings. The third-order valence-corrected chi connectivity index (χ3v) is 5.86. The molecule has 6 nitrogen and oxygen atoms in total. The molecule has 29 heavy (non-hydrogen) atoms. The molecular formula is C23H29NO5. The highest BCUT2D eigenvalue weighted by molar-refractivity contribution is 5.85. The predicted molar refractivity (Wildman–Crippen MR) is 109 cm³/mol. The summed E-state index contributed by atoms with van der Waals surface area (Å²) in [6.07, 6.45) is 7.86. The van der Waals surface area contributed by atoms with E-state index < -0.39 is 12.1 Å². The number of rotatable bonds is 5. The number of likely N-dealkylation sites (tertiary alicyclic amines) is 1. The van der Waals surface area contributed by atoms with Crippen molar-refractivity contribution in [3.8, 4) is 5.75 Å². The van der Waals surface area contributed by atoms with Crippen molar-refractivity contribution in [3.05, 3.63) is 29.5 Å². The number of ether oxygens (including phenoxy) is 2. The lowest BCUT2D eigenvalue weighted by Crippen LogP contribution is -2.41. The van der Waals surface area contributed by atoms with Gasteiger partial charge in [-0.3, -0.25) is 4.79 Å². The monoisotopic (exact) mass is 399 g/mol. The minimum absolute atomic E-state index is 0.119. The maximum Gasteiger partial charge on any atom is 0.344 e. The lowest BCUT2D eigenvalue weighted by Gasteiger charge is -2.24. The number of amides is 1. The Morgan fingerprint density at radius 2 is 1.83 bits per heavy atom. The molecule has 0 saturated carbocycles. The summed E-state index contributed by atoms with van der Waals surface area (Å²) >= 11 is 0. The summed E-state index contributed by atoms with van der Waals surface area (Å²) in [6.45, 7) is 2.90. The summed E-state index contributed by atoms with van der Waals surface area (Å²) in [4.78, 5) is 26.5. The highest BCUT2D eigenvalue weighted by Crippen LogP contribution is 2.33. The molecule has 2 heterocycles. The fraction of sp³-hybridized carbons (Fsp3) is 0.565. The van der Waals surface area contributed by atoms with Crippen molar-refractivity contribution in [1.29, 1.82) is 0 Å². The summed E-state index contributed by atoms with van der Waals surface area (Å²) in [7, 11) is 0. The maximum atomic E-state index is 12.5. The summed E-state index contributed by atoms with van der Waals surface area (Å²) in [6, 6.07) is 5.62. The van der Waals surface area contributed by atoms with E-state index in [4.69, 9.17) is 13.9 Å². The average molecular weight is 399 g/mol. The Morgan fingerprint density at radius 3 is 2.62 bits per heavy atom. The molecule has 1 aliphatic carbocycles. The van der Waals surface area contributed by atoms with Crippen LogP contribution in [0.25, 0.3) is 11.0 Å². The van der Waals surface area contributed by atoms with Crippen LogP contribution in [0.15, 0.2) is 22.6 Å². The number of fused-ring (bicyclic) bond motifs is 3. The van der Waals surface area contributed by atoms with Gasteiger partial charge in [-0.2, -0.15) is 0 Å². The van der Waals surface area contributed by atoms with E-state index in [9.17, 15) is 9.59 Å². The highest BCUT2D eigenvalue weighted by atomic mass is 16.6. The molecule has 1 amide bonds. The highest BCUT2D eigenvalue weighted by Gasteiger charge is 2.25. The summed E-state index contributed by atoms with van der Waals surface area (Å²) < 4.78 is 16.9. The normalized spacial score (nSPS) is 18.0. The third-order valence-electron chi connectivity index (χ3n) is 5.86. The molecule has 0 N–H and O–H groups in total. The number of hydrogen-bond acceptors (Lipinski definition) is 5. The standard InChI is InChI=1S/C23H29NO5/c1-16(23(26)24-12-6-2-3-7-13-24)28-22(25)15-27-17-10-11-21-19(14-17)18-8-4-5-9-20(18)29-21/h10-11,14,16H,2-9,12-13,15H2,1H3. The van der Waals surface area contributed by atoms with Gasteiger partial charge in [0.2, 0.25) is 0 Å². The molecule has 0 spiro atoms. The first-order valence-electron chi connectivity index (χ1n) is 10.8. The second kappa shape index (κ2) is 8.89. The Hall–Kier alpha value is -2.50. The van der Waals surface area contributed by atoms with Crippen LogP contribution in [0.4, 0.5) is 0 Å². The number of carbonyl (C=O) groups excluding carboxylic acids is 2. The minimum atomic E-state index is -0.785. The van der Waals surface area contributed by atoms with Gasteiger partial charge in [0.1, 0.15) is 17.1 Å². The SMILES string of the molecule is CC(OC(=O)COc1ccc2oc3c(c2c1)CCCC3)C(=O)N1CCCCCC1. The van der Waals surface area contributed by atoms with Gasteiger partial charge in [0.05, 0.1) is 0 Å². The number of esters is 1. The number of furan rings is 1. The molecule has 2 aromatic rings. The van der Waals surface area contributed by atoms with Crippen LogP contribution in [0.5, 0.6) is 5.75 Å². The van der Waals surface area contributed by atoms with Gasteiger partial charge < -0.3 is 18.8 Å². The first-order chi connectivity index (χ1) is 14.1. The Labute approximate surface area is 171 Å². The fourth-order valence-electron chi connectivity index (χ4n) is 4.30. The van der Waals surface area contributed by atoms with Crippen LogP contribution in [0, 0.1) is 0 Å². The van der Waals surface area contributed by atoms with Crippen molar-refractivity contribution < 1.29 is 23.5 Å². The van der Waals surface area contributed by atoms with Gasteiger partial charge in [0, 0.05) is 30.5 Å². The zero-order chi connectivity index (χ0) is 20.2. The fourth-order valence-corrected chi connectivity index (χ4v) is 4.30. The predicted octanol–water partition coefficient (Wildman–Crippen LogP) is 4.02. The van der Waals surface area contributed by atoms with Crippen molar-refractivity contribution in [2.45, 2.75) is 64.4 Å². The molecule has 6 heteroatoms. The van der Waals surface area contributed by atoms with E-state index in [-0.39, 0.29) is 12.5 Å². The molecular weight excluding hydrogens is 370 g/mol. The minimum Gasteiger partial charge on any atom is -0.482 e. The summed E-state index contributed by atoms with van der Waals surface area (Å²) in [5.41, 5.74) is 2.12. The van der Waals surface area contributed by atoms with Gasteiger partial charge in [-0.1, -0.05) is 12.8 Å². The molecule has 1 aromatic carbocycles. The average Bonchev–Trinajstić information content (AvgIpc) is 2.89. The van der Waals surface area contributed by atoms with Crippen molar-refractivity contribution in [2.75, 3.05) is 19.7 Å². The Balaban J connectivity index is 1.32. The lowest BCUT2D eigenvalue weighted by molar-refractivity contribution is -0.160. The Bertz CT molecular complexity index is 879. The van der Waals surface area contributed by atoms with Gasteiger partial charge in [-0.25, -0.2) is 4.79 Å². The van der Waals surface area contributed by atoms with Crippen molar-refractivity contribution in [3.63, 3.8) is 0 Å². The summed E-state index contributed by atoms with van der Waals surface area (Å²) in [5.74, 6) is 1.03. The van der Waals surface area contributed by atoms with Gasteiger partial charge in [0.15, 0.2) is 12.7 Å². The number of carbonyl (C=O) groups is 2. The van der Waals surface area contributed by atoms with Crippen molar-refractivity contribution >= 4 is 22.8 Å². The quantitative estimate of drug-likeness (QED) is 0.710. The molecule has 1 aliphatic heterocycles. The van der Waals surface area contributed by atoms with E-state index in [1.54, 1.807) is 13.0 Å². The number of hydrogen-bond donors (Lipinski definition) is 0. The van der Waals surface area contributed by atoms with Crippen LogP contribution in [0.2, 0.25) is 0 Å². The van der Waals surface area contributed by atoms with Gasteiger partial charge >= 0.3 is 5.97 Å². The molecule has 156 valence electrons. The van der Waals surface area contributed by atoms with E-state index in [0.717, 1.165) is 74.8 Å². The molecule has 0 bridgehead atoms. The molecule has 1 atom stereocenters. The maximum absolute atomic E-state index is 12.5. The number of aryl methyl sites for hydroxylation is 2. The molecule has 1 aromatic heterocycles. The van der Waals surface area contributed by atoms with Crippen LogP contribution in [0.3, 0.4) is 0 Å². The van der Waals surface area contributed by atoms with Crippen molar-refractivity contribution in [2.24, 2.45) is 0 Å². The zero-order valence-electron chi connectivity index (χ0n) is 17.1. The molecule has 1 fully saturated rings. The van der Waals surface area contributed by atoms with Crippen LogP contribution < -0.4 is 4.74 Å². The van der Waals surface area contributed by atoms with Gasteiger partial charge in [-0.15, -0.1) is 0 Å². The molecule has 1 unspecified atom stereocenters. The van der Waals surface area contributed by atoms with E-state index >= 15 is 0 Å². The lowest BCUT2D eigenvalue weighted by atomic mass is 9.96. The first kappa shape index (κ1) is 19.8. The number of nitrogens with zero attached hydrogens (tertiary/aromatic N) is 1. The van der Waals surface area contributed by atoms with Crippen LogP contribution in [0.1, 0.15) is 56.8 Å². The van der Waals surface area contributed by atoms with E-state index in [2.05, 4.69) is 0 Å². The van der Waals surface area contributed by atoms with Crippen LogP contribution in [-0.2, 0) is 27.2 Å². The van der Waals surface area contributed by atoms with E-state index in [1.165, 1.54) is 12.0 Å². The second-order valence-corrected chi connectivity index (χ2v) is 8.03. The summed E-state index contributed by atoms with van der Waals surface area (Å²) in [5, 5.41) is 1.07. The van der Waals surface area contributed by atoms with Crippen molar-refractivity contribution in [1.82, 2.24) is 4.90 Å². The molecule has 0 radical (unpaired) electrons. The van der Waals surface area contributed by atoms with Gasteiger partial charge in [-0.05, 0) is 57.2 Å². The smallest absolute Gasteiger partial charge is 0.344 e.